The van der Waals surface area contributed by atoms with E-state index in [2.05, 4.69) is 13.8 Å². The van der Waals surface area contributed by atoms with Crippen molar-refractivity contribution in [1.29, 1.82) is 0 Å². The molecule has 1 unspecified atom stereocenters. The summed E-state index contributed by atoms with van der Waals surface area (Å²) in [6.07, 6.45) is 2.29. The monoisotopic (exact) mass is 211 g/mol. The van der Waals surface area contributed by atoms with Crippen molar-refractivity contribution in [2.75, 3.05) is 13.1 Å². The number of carbonyl (C=O) groups excluding carboxylic acids is 2. The Hall–Kier alpha value is -0.860. The van der Waals surface area contributed by atoms with E-state index in [1.807, 2.05) is 4.90 Å². The third-order valence-corrected chi connectivity index (χ3v) is 2.83. The van der Waals surface area contributed by atoms with Crippen LogP contribution in [0.2, 0.25) is 0 Å². The first-order valence-electron chi connectivity index (χ1n) is 5.76. The number of hydrogen-bond donors (Lipinski definition) is 0. The van der Waals surface area contributed by atoms with Crippen molar-refractivity contribution < 1.29 is 9.59 Å². The Labute approximate surface area is 91.8 Å². The van der Waals surface area contributed by atoms with E-state index in [0.29, 0.717) is 31.2 Å². The van der Waals surface area contributed by atoms with E-state index in [9.17, 15) is 9.59 Å². The predicted molar refractivity (Wildman–Crippen MR) is 59.4 cm³/mol. The lowest BCUT2D eigenvalue weighted by Gasteiger charge is -2.16. The van der Waals surface area contributed by atoms with Gasteiger partial charge in [0.1, 0.15) is 5.78 Å². The lowest BCUT2D eigenvalue weighted by atomic mass is 9.96. The summed E-state index contributed by atoms with van der Waals surface area (Å²) < 4.78 is 0. The highest BCUT2D eigenvalue weighted by Crippen LogP contribution is 2.24. The minimum Gasteiger partial charge on any atom is -0.342 e. The van der Waals surface area contributed by atoms with Gasteiger partial charge in [0.25, 0.3) is 0 Å². The second-order valence-corrected chi connectivity index (χ2v) is 4.99. The minimum absolute atomic E-state index is 0.162. The van der Waals surface area contributed by atoms with Gasteiger partial charge in [-0.2, -0.15) is 0 Å². The van der Waals surface area contributed by atoms with Gasteiger partial charge < -0.3 is 4.90 Å². The summed E-state index contributed by atoms with van der Waals surface area (Å²) in [5, 5.41) is 0. The number of carbonyl (C=O) groups is 2. The number of Topliss-reactive ketones (excluding diaryl/α,β-unsaturated/α-hetero) is 1. The number of nitrogens with zero attached hydrogens (tertiary/aromatic N) is 1. The minimum atomic E-state index is 0.162. The SMILES string of the molecule is CC(=O)CCN1CC(CC(C)C)CC1=O. The molecular weight excluding hydrogens is 190 g/mol. The molecule has 3 nitrogen and oxygen atoms in total. The van der Waals surface area contributed by atoms with Crippen molar-refractivity contribution in [3.8, 4) is 0 Å². The van der Waals surface area contributed by atoms with Crippen LogP contribution < -0.4 is 0 Å². The molecule has 1 aliphatic heterocycles. The zero-order valence-electron chi connectivity index (χ0n) is 9.95. The predicted octanol–water partition coefficient (Wildman–Crippen LogP) is 1.86. The van der Waals surface area contributed by atoms with Crippen LogP contribution in [0.5, 0.6) is 0 Å². The fourth-order valence-electron chi connectivity index (χ4n) is 2.19. The summed E-state index contributed by atoms with van der Waals surface area (Å²) in [5.41, 5.74) is 0. The van der Waals surface area contributed by atoms with Gasteiger partial charge >= 0.3 is 0 Å². The van der Waals surface area contributed by atoms with Crippen LogP contribution in [-0.4, -0.2) is 29.7 Å². The molecule has 1 aliphatic rings. The summed E-state index contributed by atoms with van der Waals surface area (Å²) >= 11 is 0. The normalized spacial score (nSPS) is 21.5. The third-order valence-electron chi connectivity index (χ3n) is 2.83. The van der Waals surface area contributed by atoms with Crippen LogP contribution in [0, 0.1) is 11.8 Å². The largest absolute Gasteiger partial charge is 0.342 e. The highest BCUT2D eigenvalue weighted by atomic mass is 16.2. The average Bonchev–Trinajstić information content (AvgIpc) is 2.41. The van der Waals surface area contributed by atoms with Crippen LogP contribution >= 0.6 is 0 Å². The van der Waals surface area contributed by atoms with Crippen LogP contribution in [-0.2, 0) is 9.59 Å². The van der Waals surface area contributed by atoms with E-state index in [1.165, 1.54) is 0 Å². The Morgan fingerprint density at radius 3 is 2.73 bits per heavy atom. The van der Waals surface area contributed by atoms with E-state index < -0.39 is 0 Å². The van der Waals surface area contributed by atoms with Crippen molar-refractivity contribution in [2.24, 2.45) is 11.8 Å². The molecule has 15 heavy (non-hydrogen) atoms. The van der Waals surface area contributed by atoms with Gasteiger partial charge in [-0.05, 0) is 25.2 Å². The summed E-state index contributed by atoms with van der Waals surface area (Å²) in [7, 11) is 0. The maximum Gasteiger partial charge on any atom is 0.222 e. The van der Waals surface area contributed by atoms with Gasteiger partial charge in [0.15, 0.2) is 0 Å². The average molecular weight is 211 g/mol. The molecule has 0 spiro atoms. The molecule has 1 heterocycles. The zero-order valence-corrected chi connectivity index (χ0v) is 9.95. The van der Waals surface area contributed by atoms with Crippen LogP contribution in [0.4, 0.5) is 0 Å². The zero-order chi connectivity index (χ0) is 11.4. The Morgan fingerprint density at radius 2 is 2.20 bits per heavy atom. The van der Waals surface area contributed by atoms with Crippen LogP contribution in [0.15, 0.2) is 0 Å². The number of hydrogen-bond acceptors (Lipinski definition) is 2. The number of likely N-dealkylation sites (tertiary alicyclic amines) is 1. The highest BCUT2D eigenvalue weighted by Gasteiger charge is 2.29. The van der Waals surface area contributed by atoms with Crippen molar-refractivity contribution >= 4 is 11.7 Å². The van der Waals surface area contributed by atoms with E-state index in [1.54, 1.807) is 6.92 Å². The second kappa shape index (κ2) is 5.29. The van der Waals surface area contributed by atoms with Crippen molar-refractivity contribution in [1.82, 2.24) is 4.90 Å². The molecule has 0 saturated carbocycles. The molecule has 1 saturated heterocycles. The van der Waals surface area contributed by atoms with Gasteiger partial charge in [-0.3, -0.25) is 9.59 Å². The van der Waals surface area contributed by atoms with E-state index >= 15 is 0 Å². The molecule has 1 atom stereocenters. The van der Waals surface area contributed by atoms with E-state index in [4.69, 9.17) is 0 Å². The van der Waals surface area contributed by atoms with E-state index in [0.717, 1.165) is 13.0 Å². The summed E-state index contributed by atoms with van der Waals surface area (Å²) in [6.45, 7) is 7.41. The molecule has 1 rings (SSSR count). The molecule has 0 bridgehead atoms. The molecule has 0 N–H and O–H groups in total. The molecule has 0 aliphatic carbocycles. The quantitative estimate of drug-likeness (QED) is 0.696. The number of ketones is 1. The smallest absolute Gasteiger partial charge is 0.222 e. The Kier molecular flexibility index (Phi) is 4.30. The molecule has 0 aromatic carbocycles. The lowest BCUT2D eigenvalue weighted by Crippen LogP contribution is -2.27. The number of amides is 1. The van der Waals surface area contributed by atoms with Gasteiger partial charge in [0.2, 0.25) is 5.91 Å². The van der Waals surface area contributed by atoms with Crippen molar-refractivity contribution in [3.63, 3.8) is 0 Å². The fraction of sp³-hybridized carbons (Fsp3) is 0.833. The van der Waals surface area contributed by atoms with Gasteiger partial charge in [0, 0.05) is 25.9 Å². The fourth-order valence-corrected chi connectivity index (χ4v) is 2.19. The van der Waals surface area contributed by atoms with Crippen molar-refractivity contribution in [2.45, 2.75) is 40.0 Å². The van der Waals surface area contributed by atoms with Gasteiger partial charge in [-0.25, -0.2) is 0 Å². The summed E-state index contributed by atoms with van der Waals surface area (Å²) in [6, 6.07) is 0. The standard InChI is InChI=1S/C12H21NO2/c1-9(2)6-11-7-12(15)13(8-11)5-4-10(3)14/h9,11H,4-8H2,1-3H3. The Bertz CT molecular complexity index is 248. The van der Waals surface area contributed by atoms with Crippen LogP contribution in [0.25, 0.3) is 0 Å². The molecule has 0 radical (unpaired) electrons. The van der Waals surface area contributed by atoms with E-state index in [-0.39, 0.29) is 11.7 Å². The maximum atomic E-state index is 11.6. The Morgan fingerprint density at radius 1 is 1.53 bits per heavy atom. The molecule has 1 fully saturated rings. The molecule has 0 aromatic heterocycles. The maximum absolute atomic E-state index is 11.6. The molecule has 3 heteroatoms. The second-order valence-electron chi connectivity index (χ2n) is 4.99. The van der Waals surface area contributed by atoms with Gasteiger partial charge in [-0.15, -0.1) is 0 Å². The van der Waals surface area contributed by atoms with Crippen LogP contribution in [0.3, 0.4) is 0 Å². The Balaban J connectivity index is 2.35. The lowest BCUT2D eigenvalue weighted by molar-refractivity contribution is -0.128. The van der Waals surface area contributed by atoms with Crippen molar-refractivity contribution in [3.05, 3.63) is 0 Å². The molecule has 86 valence electrons. The highest BCUT2D eigenvalue weighted by molar-refractivity contribution is 5.80. The van der Waals surface area contributed by atoms with Gasteiger partial charge in [0.05, 0.1) is 0 Å². The number of rotatable bonds is 5. The van der Waals surface area contributed by atoms with Crippen LogP contribution in [0.1, 0.15) is 40.0 Å². The van der Waals surface area contributed by atoms with Gasteiger partial charge in [-0.1, -0.05) is 13.8 Å². The first kappa shape index (κ1) is 12.2. The topological polar surface area (TPSA) is 37.4 Å². The molecule has 0 aromatic rings. The summed E-state index contributed by atoms with van der Waals surface area (Å²) in [4.78, 5) is 24.3. The first-order valence-corrected chi connectivity index (χ1v) is 5.76. The first-order chi connectivity index (χ1) is 6.99. The summed E-state index contributed by atoms with van der Waals surface area (Å²) in [5.74, 6) is 1.54. The molecule has 1 amide bonds. The third kappa shape index (κ3) is 4.02. The molecular formula is C12H21NO2.